The minimum absolute atomic E-state index is 0.0556. The van der Waals surface area contributed by atoms with Gasteiger partial charge in [-0.05, 0) is 6.42 Å². The Kier molecular flexibility index (Phi) is 2.77. The van der Waals surface area contributed by atoms with Crippen molar-refractivity contribution in [2.75, 3.05) is 0 Å². The Morgan fingerprint density at radius 1 is 1.19 bits per heavy atom. The van der Waals surface area contributed by atoms with Crippen LogP contribution in [0, 0.1) is 0 Å². The number of aromatic amines is 1. The molecule has 0 saturated carbocycles. The second-order valence-electron chi connectivity index (χ2n) is 4.61. The number of H-pyrrole nitrogens is 1. The van der Waals surface area contributed by atoms with E-state index in [0.29, 0.717) is 0 Å². The van der Waals surface area contributed by atoms with Gasteiger partial charge >= 0.3 is 0 Å². The summed E-state index contributed by atoms with van der Waals surface area (Å²) in [5.74, 6) is 1.73. The third kappa shape index (κ3) is 1.98. The zero-order valence-corrected chi connectivity index (χ0v) is 9.99. The van der Waals surface area contributed by atoms with Crippen molar-refractivity contribution in [2.45, 2.75) is 32.6 Å². The van der Waals surface area contributed by atoms with Gasteiger partial charge in [0.1, 0.15) is 5.82 Å². The molecule has 1 aromatic heterocycles. The zero-order valence-electron chi connectivity index (χ0n) is 9.99. The minimum atomic E-state index is 0.0556. The molecular formula is C13H17N3. The van der Waals surface area contributed by atoms with Crippen molar-refractivity contribution < 1.29 is 0 Å². The highest BCUT2D eigenvalue weighted by Crippen LogP contribution is 2.25. The molecule has 84 valence electrons. The molecule has 1 aromatic carbocycles. The van der Waals surface area contributed by atoms with Gasteiger partial charge in [-0.25, -0.2) is 4.98 Å². The van der Waals surface area contributed by atoms with Gasteiger partial charge in [0.25, 0.3) is 0 Å². The number of hydrogen-bond donors (Lipinski definition) is 1. The van der Waals surface area contributed by atoms with Gasteiger partial charge in [-0.1, -0.05) is 51.1 Å². The van der Waals surface area contributed by atoms with E-state index in [1.54, 1.807) is 0 Å². The van der Waals surface area contributed by atoms with Gasteiger partial charge in [0.15, 0.2) is 5.82 Å². The van der Waals surface area contributed by atoms with Crippen molar-refractivity contribution in [3.05, 3.63) is 36.2 Å². The van der Waals surface area contributed by atoms with Gasteiger partial charge in [0.05, 0.1) is 0 Å². The lowest BCUT2D eigenvalue weighted by Gasteiger charge is -2.18. The molecule has 0 aliphatic carbocycles. The van der Waals surface area contributed by atoms with Gasteiger partial charge in [0.2, 0.25) is 0 Å². The number of nitrogens with zero attached hydrogens (tertiary/aromatic N) is 2. The molecule has 2 rings (SSSR count). The molecule has 0 aliphatic rings. The minimum Gasteiger partial charge on any atom is -0.262 e. The fourth-order valence-corrected chi connectivity index (χ4v) is 1.45. The lowest BCUT2D eigenvalue weighted by Crippen LogP contribution is -2.17. The van der Waals surface area contributed by atoms with E-state index < -0.39 is 0 Å². The topological polar surface area (TPSA) is 41.6 Å². The van der Waals surface area contributed by atoms with Crippen LogP contribution in [0.5, 0.6) is 0 Å². The molecule has 1 N–H and O–H groups in total. The average molecular weight is 215 g/mol. The molecule has 0 aliphatic heterocycles. The highest BCUT2D eigenvalue weighted by Gasteiger charge is 2.22. The van der Waals surface area contributed by atoms with Crippen LogP contribution < -0.4 is 0 Å². The van der Waals surface area contributed by atoms with Gasteiger partial charge in [-0.2, -0.15) is 5.10 Å². The summed E-state index contributed by atoms with van der Waals surface area (Å²) >= 11 is 0. The fourth-order valence-electron chi connectivity index (χ4n) is 1.45. The first kappa shape index (κ1) is 10.9. The summed E-state index contributed by atoms with van der Waals surface area (Å²) in [4.78, 5) is 4.56. The quantitative estimate of drug-likeness (QED) is 0.854. The third-order valence-corrected chi connectivity index (χ3v) is 3.04. The monoisotopic (exact) mass is 215 g/mol. The van der Waals surface area contributed by atoms with Crippen LogP contribution in [0.3, 0.4) is 0 Å². The van der Waals surface area contributed by atoms with E-state index in [0.717, 1.165) is 23.6 Å². The molecular weight excluding hydrogens is 198 g/mol. The lowest BCUT2D eigenvalue weighted by atomic mass is 9.90. The van der Waals surface area contributed by atoms with E-state index in [9.17, 15) is 0 Å². The van der Waals surface area contributed by atoms with Crippen LogP contribution in [0.4, 0.5) is 0 Å². The number of rotatable bonds is 3. The molecule has 0 saturated heterocycles. The molecule has 2 aromatic rings. The van der Waals surface area contributed by atoms with Crippen LogP contribution in [-0.2, 0) is 5.41 Å². The Morgan fingerprint density at radius 3 is 2.50 bits per heavy atom. The van der Waals surface area contributed by atoms with Crippen molar-refractivity contribution in [1.82, 2.24) is 15.2 Å². The summed E-state index contributed by atoms with van der Waals surface area (Å²) in [6.45, 7) is 6.50. The van der Waals surface area contributed by atoms with E-state index in [1.807, 2.05) is 30.3 Å². The fraction of sp³-hybridized carbons (Fsp3) is 0.385. The molecule has 16 heavy (non-hydrogen) atoms. The smallest absolute Gasteiger partial charge is 0.181 e. The van der Waals surface area contributed by atoms with Crippen LogP contribution in [0.1, 0.15) is 33.0 Å². The first-order chi connectivity index (χ1) is 7.63. The average Bonchev–Trinajstić information content (AvgIpc) is 2.80. The highest BCUT2D eigenvalue weighted by atomic mass is 15.2. The van der Waals surface area contributed by atoms with Crippen LogP contribution in [-0.4, -0.2) is 15.2 Å². The second-order valence-corrected chi connectivity index (χ2v) is 4.61. The predicted octanol–water partition coefficient (Wildman–Crippen LogP) is 3.16. The van der Waals surface area contributed by atoms with E-state index >= 15 is 0 Å². The van der Waals surface area contributed by atoms with Crippen LogP contribution in [0.2, 0.25) is 0 Å². The van der Waals surface area contributed by atoms with Crippen molar-refractivity contribution >= 4 is 0 Å². The zero-order chi connectivity index (χ0) is 11.6. The first-order valence-electron chi connectivity index (χ1n) is 5.62. The van der Waals surface area contributed by atoms with Gasteiger partial charge < -0.3 is 0 Å². The second kappa shape index (κ2) is 4.08. The normalized spacial score (nSPS) is 11.7. The number of hydrogen-bond acceptors (Lipinski definition) is 2. The number of aromatic nitrogens is 3. The van der Waals surface area contributed by atoms with Crippen molar-refractivity contribution in [2.24, 2.45) is 0 Å². The van der Waals surface area contributed by atoms with E-state index in [4.69, 9.17) is 0 Å². The Bertz CT molecular complexity index is 457. The van der Waals surface area contributed by atoms with Crippen LogP contribution in [0.15, 0.2) is 30.3 Å². The van der Waals surface area contributed by atoms with Crippen LogP contribution in [0.25, 0.3) is 11.4 Å². The lowest BCUT2D eigenvalue weighted by molar-refractivity contribution is 0.475. The Morgan fingerprint density at radius 2 is 1.88 bits per heavy atom. The molecule has 0 atom stereocenters. The molecule has 0 bridgehead atoms. The molecule has 0 amide bonds. The molecule has 0 fully saturated rings. The van der Waals surface area contributed by atoms with E-state index in [1.165, 1.54) is 0 Å². The van der Waals surface area contributed by atoms with Gasteiger partial charge in [-0.3, -0.25) is 5.10 Å². The third-order valence-electron chi connectivity index (χ3n) is 3.04. The molecule has 0 unspecified atom stereocenters. The Labute approximate surface area is 95.9 Å². The summed E-state index contributed by atoms with van der Waals surface area (Å²) in [6.07, 6.45) is 1.04. The standard InChI is InChI=1S/C13H17N3/c1-4-13(2,3)12-14-11(15-16-12)10-8-6-5-7-9-10/h5-9H,4H2,1-3H3,(H,14,15,16). The first-order valence-corrected chi connectivity index (χ1v) is 5.62. The SMILES string of the molecule is CCC(C)(C)c1nc(-c2ccccc2)n[nH]1. The molecule has 3 heteroatoms. The van der Waals surface area contributed by atoms with Crippen molar-refractivity contribution in [3.8, 4) is 11.4 Å². The summed E-state index contributed by atoms with van der Waals surface area (Å²) in [5, 5.41) is 7.30. The summed E-state index contributed by atoms with van der Waals surface area (Å²) in [6, 6.07) is 10.0. The maximum absolute atomic E-state index is 4.56. The van der Waals surface area contributed by atoms with Crippen molar-refractivity contribution in [1.29, 1.82) is 0 Å². The van der Waals surface area contributed by atoms with Crippen LogP contribution >= 0.6 is 0 Å². The maximum Gasteiger partial charge on any atom is 0.181 e. The maximum atomic E-state index is 4.56. The summed E-state index contributed by atoms with van der Waals surface area (Å²) < 4.78 is 0. The van der Waals surface area contributed by atoms with Gasteiger partial charge in [0, 0.05) is 11.0 Å². The van der Waals surface area contributed by atoms with E-state index in [2.05, 4.69) is 36.0 Å². The summed E-state index contributed by atoms with van der Waals surface area (Å²) in [7, 11) is 0. The molecule has 0 radical (unpaired) electrons. The Balaban J connectivity index is 2.34. The predicted molar refractivity (Wildman–Crippen MR) is 65.1 cm³/mol. The van der Waals surface area contributed by atoms with Gasteiger partial charge in [-0.15, -0.1) is 0 Å². The largest absolute Gasteiger partial charge is 0.262 e. The molecule has 0 spiro atoms. The molecule has 3 nitrogen and oxygen atoms in total. The number of benzene rings is 1. The van der Waals surface area contributed by atoms with Crippen molar-refractivity contribution in [3.63, 3.8) is 0 Å². The Hall–Kier alpha value is -1.64. The molecule has 1 heterocycles. The number of nitrogens with one attached hydrogen (secondary N) is 1. The summed E-state index contributed by atoms with van der Waals surface area (Å²) in [5.41, 5.74) is 1.11. The van der Waals surface area contributed by atoms with E-state index in [-0.39, 0.29) is 5.41 Å². The highest BCUT2D eigenvalue weighted by molar-refractivity contribution is 5.54.